The van der Waals surface area contributed by atoms with Crippen LogP contribution in [0.2, 0.25) is 0 Å². The summed E-state index contributed by atoms with van der Waals surface area (Å²) in [5, 5.41) is 8.05. The summed E-state index contributed by atoms with van der Waals surface area (Å²) in [6.07, 6.45) is 0.368. The van der Waals surface area contributed by atoms with Gasteiger partial charge in [0, 0.05) is 24.4 Å². The van der Waals surface area contributed by atoms with Crippen molar-refractivity contribution in [3.8, 4) is 0 Å². The zero-order chi connectivity index (χ0) is 14.3. The first-order valence-electron chi connectivity index (χ1n) is 6.18. The molecular weight excluding hydrogens is 266 g/mol. The highest BCUT2D eigenvalue weighted by Gasteiger charge is 2.11. The molecule has 19 heavy (non-hydrogen) atoms. The van der Waals surface area contributed by atoms with Crippen LogP contribution in [0, 0.1) is 0 Å². The van der Waals surface area contributed by atoms with Crippen molar-refractivity contribution in [1.82, 2.24) is 10.3 Å². The third-order valence-electron chi connectivity index (χ3n) is 2.07. The Morgan fingerprint density at radius 3 is 2.84 bits per heavy atom. The van der Waals surface area contributed by atoms with Gasteiger partial charge in [-0.3, -0.25) is 4.79 Å². The molecular formula is C12H19N3O3S. The third kappa shape index (κ3) is 5.69. The van der Waals surface area contributed by atoms with E-state index in [1.54, 1.807) is 12.3 Å². The van der Waals surface area contributed by atoms with Gasteiger partial charge in [0.1, 0.15) is 0 Å². The number of aromatic nitrogens is 1. The van der Waals surface area contributed by atoms with Gasteiger partial charge in [0.25, 0.3) is 0 Å². The molecule has 0 unspecified atom stereocenters. The van der Waals surface area contributed by atoms with Crippen molar-refractivity contribution in [2.75, 3.05) is 18.5 Å². The van der Waals surface area contributed by atoms with Crippen LogP contribution in [0.4, 0.5) is 5.13 Å². The summed E-state index contributed by atoms with van der Waals surface area (Å²) in [5.74, 6) is -0.436. The highest BCUT2D eigenvalue weighted by molar-refractivity contribution is 7.13. The fraction of sp³-hybridized carbons (Fsp3) is 0.583. The number of ether oxygens (including phenoxy) is 1. The second-order valence-electron chi connectivity index (χ2n) is 4.16. The smallest absolute Gasteiger partial charge is 0.357 e. The predicted molar refractivity (Wildman–Crippen MR) is 74.5 cm³/mol. The molecule has 1 heterocycles. The molecule has 6 nitrogen and oxygen atoms in total. The normalized spacial score (nSPS) is 10.3. The molecule has 0 fully saturated rings. The fourth-order valence-electron chi connectivity index (χ4n) is 1.33. The maximum Gasteiger partial charge on any atom is 0.357 e. The molecule has 1 aromatic rings. The molecule has 1 aromatic heterocycles. The minimum atomic E-state index is -0.427. The van der Waals surface area contributed by atoms with Crippen molar-refractivity contribution < 1.29 is 14.3 Å². The lowest BCUT2D eigenvalue weighted by molar-refractivity contribution is -0.121. The number of esters is 1. The van der Waals surface area contributed by atoms with Crippen molar-refractivity contribution in [3.63, 3.8) is 0 Å². The highest BCUT2D eigenvalue weighted by atomic mass is 32.1. The Labute approximate surface area is 116 Å². The molecule has 0 saturated heterocycles. The Balaban J connectivity index is 2.34. The molecule has 0 bridgehead atoms. The number of hydrogen-bond donors (Lipinski definition) is 2. The van der Waals surface area contributed by atoms with Crippen LogP contribution < -0.4 is 10.6 Å². The Morgan fingerprint density at radius 2 is 2.21 bits per heavy atom. The Hall–Kier alpha value is -1.63. The monoisotopic (exact) mass is 285 g/mol. The molecule has 0 aliphatic carbocycles. The standard InChI is InChI=1S/C12H19N3O3S/c1-4-18-11(17)9-7-19-12(15-9)13-6-5-10(16)14-8(2)3/h7-8H,4-6H2,1-3H3,(H,13,15)(H,14,16). The number of carbonyl (C=O) groups is 2. The maximum atomic E-state index is 11.4. The van der Waals surface area contributed by atoms with Crippen molar-refractivity contribution in [3.05, 3.63) is 11.1 Å². The summed E-state index contributed by atoms with van der Waals surface area (Å²) in [4.78, 5) is 26.9. The maximum absolute atomic E-state index is 11.4. The predicted octanol–water partition coefficient (Wildman–Crippen LogP) is 1.65. The van der Waals surface area contributed by atoms with Crippen molar-refractivity contribution >= 4 is 28.3 Å². The van der Waals surface area contributed by atoms with E-state index in [4.69, 9.17) is 4.74 Å². The van der Waals surface area contributed by atoms with Crippen LogP contribution in [-0.2, 0) is 9.53 Å². The quantitative estimate of drug-likeness (QED) is 0.745. The first-order chi connectivity index (χ1) is 9.02. The molecule has 0 atom stereocenters. The first kappa shape index (κ1) is 15.4. The molecule has 0 spiro atoms. The van der Waals surface area contributed by atoms with Gasteiger partial charge in [0.2, 0.25) is 5.91 Å². The summed E-state index contributed by atoms with van der Waals surface area (Å²) in [6.45, 7) is 6.38. The molecule has 2 N–H and O–H groups in total. The van der Waals surface area contributed by atoms with E-state index in [1.807, 2.05) is 13.8 Å². The summed E-state index contributed by atoms with van der Waals surface area (Å²) in [5.41, 5.74) is 0.293. The second kappa shape index (κ2) is 7.73. The van der Waals surface area contributed by atoms with E-state index in [9.17, 15) is 9.59 Å². The van der Waals surface area contributed by atoms with Crippen LogP contribution in [0.5, 0.6) is 0 Å². The summed E-state index contributed by atoms with van der Waals surface area (Å²) >= 11 is 1.31. The first-order valence-corrected chi connectivity index (χ1v) is 7.06. The zero-order valence-corrected chi connectivity index (χ0v) is 12.2. The highest BCUT2D eigenvalue weighted by Crippen LogP contribution is 2.15. The van der Waals surface area contributed by atoms with E-state index in [1.165, 1.54) is 11.3 Å². The third-order valence-corrected chi connectivity index (χ3v) is 2.87. The van der Waals surface area contributed by atoms with E-state index < -0.39 is 5.97 Å². The summed E-state index contributed by atoms with van der Waals surface area (Å²) < 4.78 is 4.84. The van der Waals surface area contributed by atoms with Gasteiger partial charge in [-0.15, -0.1) is 11.3 Å². The number of nitrogens with zero attached hydrogens (tertiary/aromatic N) is 1. The van der Waals surface area contributed by atoms with Gasteiger partial charge in [0.15, 0.2) is 10.8 Å². The number of nitrogens with one attached hydrogen (secondary N) is 2. The summed E-state index contributed by atoms with van der Waals surface area (Å²) in [7, 11) is 0. The van der Waals surface area contributed by atoms with E-state index in [-0.39, 0.29) is 11.9 Å². The average Bonchev–Trinajstić information content (AvgIpc) is 2.77. The zero-order valence-electron chi connectivity index (χ0n) is 11.4. The Morgan fingerprint density at radius 1 is 1.47 bits per heavy atom. The van der Waals surface area contributed by atoms with E-state index in [2.05, 4.69) is 15.6 Å². The lowest BCUT2D eigenvalue weighted by Crippen LogP contribution is -2.31. The molecule has 0 aliphatic heterocycles. The van der Waals surface area contributed by atoms with Gasteiger partial charge in [-0.1, -0.05) is 0 Å². The van der Waals surface area contributed by atoms with Gasteiger partial charge < -0.3 is 15.4 Å². The SMILES string of the molecule is CCOC(=O)c1csc(NCCC(=O)NC(C)C)n1. The van der Waals surface area contributed by atoms with E-state index in [0.29, 0.717) is 30.4 Å². The van der Waals surface area contributed by atoms with Crippen LogP contribution in [-0.4, -0.2) is 36.1 Å². The van der Waals surface area contributed by atoms with Gasteiger partial charge >= 0.3 is 5.97 Å². The molecule has 1 rings (SSSR count). The molecule has 0 aromatic carbocycles. The number of rotatable bonds is 7. The van der Waals surface area contributed by atoms with Crippen LogP contribution in [0.25, 0.3) is 0 Å². The van der Waals surface area contributed by atoms with Crippen molar-refractivity contribution in [2.24, 2.45) is 0 Å². The molecule has 0 saturated carbocycles. The van der Waals surface area contributed by atoms with Crippen LogP contribution in [0.1, 0.15) is 37.7 Å². The molecule has 0 aliphatic rings. The molecule has 0 radical (unpaired) electrons. The second-order valence-corrected chi connectivity index (χ2v) is 5.02. The van der Waals surface area contributed by atoms with Gasteiger partial charge in [-0.05, 0) is 20.8 Å². The van der Waals surface area contributed by atoms with Crippen molar-refractivity contribution in [2.45, 2.75) is 33.2 Å². The Bertz CT molecular complexity index is 432. The minimum Gasteiger partial charge on any atom is -0.461 e. The number of carbonyl (C=O) groups excluding carboxylic acids is 2. The van der Waals surface area contributed by atoms with Gasteiger partial charge in [-0.2, -0.15) is 0 Å². The minimum absolute atomic E-state index is 0.00956. The van der Waals surface area contributed by atoms with Crippen LogP contribution >= 0.6 is 11.3 Å². The number of hydrogen-bond acceptors (Lipinski definition) is 6. The van der Waals surface area contributed by atoms with Crippen molar-refractivity contribution in [1.29, 1.82) is 0 Å². The Kier molecular flexibility index (Phi) is 6.27. The fourth-order valence-corrected chi connectivity index (χ4v) is 2.04. The molecule has 1 amide bonds. The largest absolute Gasteiger partial charge is 0.461 e. The molecule has 106 valence electrons. The number of thiazole rings is 1. The van der Waals surface area contributed by atoms with Gasteiger partial charge in [-0.25, -0.2) is 9.78 Å². The average molecular weight is 285 g/mol. The van der Waals surface area contributed by atoms with E-state index in [0.717, 1.165) is 0 Å². The van der Waals surface area contributed by atoms with Crippen LogP contribution in [0.3, 0.4) is 0 Å². The number of anilines is 1. The molecule has 7 heteroatoms. The summed E-state index contributed by atoms with van der Waals surface area (Å²) in [6, 6.07) is 0.141. The van der Waals surface area contributed by atoms with Crippen LogP contribution in [0.15, 0.2) is 5.38 Å². The van der Waals surface area contributed by atoms with E-state index >= 15 is 0 Å². The van der Waals surface area contributed by atoms with Gasteiger partial charge in [0.05, 0.1) is 6.61 Å². The lowest BCUT2D eigenvalue weighted by Gasteiger charge is -2.08. The lowest BCUT2D eigenvalue weighted by atomic mass is 10.3. The topological polar surface area (TPSA) is 80.3 Å². The number of amides is 1.